The molecule has 0 saturated carbocycles. The lowest BCUT2D eigenvalue weighted by Crippen LogP contribution is -2.19. The van der Waals surface area contributed by atoms with Gasteiger partial charge in [-0.2, -0.15) is 4.99 Å². The number of amides is 1. The first-order chi connectivity index (χ1) is 15.1. The number of fused-ring (bicyclic) bond motifs is 1. The lowest BCUT2D eigenvalue weighted by molar-refractivity contribution is 0.0996. The number of hydrogen-bond donors (Lipinski definition) is 0. The third-order valence-electron chi connectivity index (χ3n) is 4.78. The lowest BCUT2D eigenvalue weighted by Gasteiger charge is -2.06. The van der Waals surface area contributed by atoms with Crippen LogP contribution in [0.4, 0.5) is 0 Å². The quantitative estimate of drug-likeness (QED) is 0.443. The van der Waals surface area contributed by atoms with Gasteiger partial charge in [-0.15, -0.1) is 0 Å². The topological polar surface area (TPSA) is 112 Å². The van der Waals surface area contributed by atoms with Crippen LogP contribution in [0.15, 0.2) is 57.2 Å². The van der Waals surface area contributed by atoms with E-state index in [1.165, 1.54) is 41.7 Å². The fourth-order valence-electron chi connectivity index (χ4n) is 3.01. The molecule has 11 heteroatoms. The number of ether oxygens (including phenoxy) is 1. The van der Waals surface area contributed by atoms with Gasteiger partial charge in [-0.3, -0.25) is 4.79 Å². The molecular weight excluding hydrogens is 472 g/mol. The molecule has 172 valence electrons. The van der Waals surface area contributed by atoms with Crippen molar-refractivity contribution in [1.82, 2.24) is 4.57 Å². The third-order valence-corrected chi connectivity index (χ3v) is 8.69. The van der Waals surface area contributed by atoms with Crippen molar-refractivity contribution in [1.29, 1.82) is 0 Å². The van der Waals surface area contributed by atoms with Gasteiger partial charge in [0, 0.05) is 25.0 Å². The molecule has 0 radical (unpaired) electrons. The first-order valence-corrected chi connectivity index (χ1v) is 14.3. The van der Waals surface area contributed by atoms with Crippen molar-refractivity contribution in [2.75, 3.05) is 25.2 Å². The standard InChI is InChI=1S/C21H24N2O6S3/c1-4-29-13-12-23-18-11-10-17(31(3,25)26)14-19(18)30-21(23)22-20(24)15-6-8-16(9-7-15)32(27,28)5-2/h6-11,14H,4-5,12-13H2,1-3H3. The van der Waals surface area contributed by atoms with Gasteiger partial charge in [-0.1, -0.05) is 18.3 Å². The van der Waals surface area contributed by atoms with E-state index in [0.29, 0.717) is 29.3 Å². The number of carbonyl (C=O) groups excluding carboxylic acids is 1. The number of carbonyl (C=O) groups is 1. The molecule has 3 aromatic rings. The van der Waals surface area contributed by atoms with Crippen molar-refractivity contribution in [2.45, 2.75) is 30.2 Å². The van der Waals surface area contributed by atoms with Crippen molar-refractivity contribution < 1.29 is 26.4 Å². The Kier molecular flexibility index (Phi) is 7.33. The number of nitrogens with zero attached hydrogens (tertiary/aromatic N) is 2. The van der Waals surface area contributed by atoms with E-state index >= 15 is 0 Å². The average molecular weight is 497 g/mol. The van der Waals surface area contributed by atoms with Crippen molar-refractivity contribution in [3.63, 3.8) is 0 Å². The summed E-state index contributed by atoms with van der Waals surface area (Å²) in [7, 11) is -6.74. The predicted molar refractivity (Wildman–Crippen MR) is 123 cm³/mol. The Bertz CT molecular complexity index is 1420. The Morgan fingerprint density at radius 1 is 1.03 bits per heavy atom. The van der Waals surface area contributed by atoms with Gasteiger partial charge in [0.05, 0.1) is 32.4 Å². The molecule has 1 heterocycles. The highest BCUT2D eigenvalue weighted by atomic mass is 32.2. The van der Waals surface area contributed by atoms with Gasteiger partial charge >= 0.3 is 0 Å². The highest BCUT2D eigenvalue weighted by Gasteiger charge is 2.15. The normalized spacial score (nSPS) is 13.0. The molecule has 0 aliphatic heterocycles. The maximum Gasteiger partial charge on any atom is 0.279 e. The van der Waals surface area contributed by atoms with Crippen LogP contribution in [-0.4, -0.2) is 52.5 Å². The van der Waals surface area contributed by atoms with E-state index < -0.39 is 25.6 Å². The summed E-state index contributed by atoms with van der Waals surface area (Å²) in [6.45, 7) is 4.82. The van der Waals surface area contributed by atoms with E-state index in [1.54, 1.807) is 19.1 Å². The number of aromatic nitrogens is 1. The van der Waals surface area contributed by atoms with Crippen LogP contribution in [0, 0.1) is 0 Å². The van der Waals surface area contributed by atoms with Crippen LogP contribution in [0.2, 0.25) is 0 Å². The summed E-state index contributed by atoms with van der Waals surface area (Å²) in [5.74, 6) is -0.549. The Balaban J connectivity index is 2.06. The molecule has 0 aliphatic carbocycles. The van der Waals surface area contributed by atoms with Crippen LogP contribution in [0.1, 0.15) is 24.2 Å². The molecule has 32 heavy (non-hydrogen) atoms. The Morgan fingerprint density at radius 2 is 1.69 bits per heavy atom. The second-order valence-electron chi connectivity index (χ2n) is 6.98. The van der Waals surface area contributed by atoms with Crippen LogP contribution in [-0.2, 0) is 31.0 Å². The molecule has 2 aromatic carbocycles. The van der Waals surface area contributed by atoms with Crippen LogP contribution in [0.25, 0.3) is 10.2 Å². The van der Waals surface area contributed by atoms with Gasteiger partial charge < -0.3 is 9.30 Å². The first-order valence-electron chi connectivity index (χ1n) is 9.90. The van der Waals surface area contributed by atoms with E-state index in [2.05, 4.69) is 4.99 Å². The molecule has 0 saturated heterocycles. The maximum absolute atomic E-state index is 12.8. The van der Waals surface area contributed by atoms with E-state index in [4.69, 9.17) is 4.74 Å². The largest absolute Gasteiger partial charge is 0.380 e. The zero-order chi connectivity index (χ0) is 23.5. The van der Waals surface area contributed by atoms with Gasteiger partial charge in [0.15, 0.2) is 24.5 Å². The molecule has 8 nitrogen and oxygen atoms in total. The molecule has 0 aliphatic rings. The molecule has 1 amide bonds. The van der Waals surface area contributed by atoms with Crippen molar-refractivity contribution in [3.8, 4) is 0 Å². The number of benzene rings is 2. The Morgan fingerprint density at radius 3 is 2.28 bits per heavy atom. The number of thiazole rings is 1. The zero-order valence-corrected chi connectivity index (χ0v) is 20.4. The van der Waals surface area contributed by atoms with E-state index in [1.807, 2.05) is 11.5 Å². The average Bonchev–Trinajstić information content (AvgIpc) is 3.09. The van der Waals surface area contributed by atoms with Crippen LogP contribution < -0.4 is 4.80 Å². The van der Waals surface area contributed by atoms with Crippen molar-refractivity contribution in [3.05, 3.63) is 52.8 Å². The predicted octanol–water partition coefficient (Wildman–Crippen LogP) is 2.68. The fraction of sp³-hybridized carbons (Fsp3) is 0.333. The molecular formula is C21H24N2O6S3. The summed E-state index contributed by atoms with van der Waals surface area (Å²) in [4.78, 5) is 17.8. The first kappa shape index (κ1) is 24.3. The minimum atomic E-state index is -3.38. The molecule has 0 bridgehead atoms. The smallest absolute Gasteiger partial charge is 0.279 e. The second kappa shape index (κ2) is 9.65. The third kappa shape index (κ3) is 5.34. The highest BCUT2D eigenvalue weighted by Crippen LogP contribution is 2.22. The van der Waals surface area contributed by atoms with Gasteiger partial charge in [0.1, 0.15) is 0 Å². The fourth-order valence-corrected chi connectivity index (χ4v) is 5.71. The summed E-state index contributed by atoms with van der Waals surface area (Å²) < 4.78 is 55.7. The molecule has 0 unspecified atom stereocenters. The summed E-state index contributed by atoms with van der Waals surface area (Å²) in [6, 6.07) is 10.5. The van der Waals surface area contributed by atoms with E-state index in [0.717, 1.165) is 11.8 Å². The number of rotatable bonds is 8. The van der Waals surface area contributed by atoms with Gasteiger partial charge in [-0.05, 0) is 49.4 Å². The number of sulfone groups is 2. The second-order valence-corrected chi connectivity index (χ2v) is 12.3. The molecule has 0 spiro atoms. The summed E-state index contributed by atoms with van der Waals surface area (Å²) in [5.41, 5.74) is 1.00. The molecule has 1 aromatic heterocycles. The molecule has 0 N–H and O–H groups in total. The van der Waals surface area contributed by atoms with Gasteiger partial charge in [0.2, 0.25) is 0 Å². The minimum Gasteiger partial charge on any atom is -0.380 e. The highest BCUT2D eigenvalue weighted by molar-refractivity contribution is 7.91. The Hall–Kier alpha value is -2.34. The van der Waals surface area contributed by atoms with E-state index in [-0.39, 0.29) is 21.1 Å². The minimum absolute atomic E-state index is 0.0260. The summed E-state index contributed by atoms with van der Waals surface area (Å²) >= 11 is 1.21. The van der Waals surface area contributed by atoms with Crippen molar-refractivity contribution >= 4 is 47.1 Å². The Labute approximate surface area is 191 Å². The van der Waals surface area contributed by atoms with Crippen LogP contribution >= 0.6 is 11.3 Å². The van der Waals surface area contributed by atoms with Gasteiger partial charge in [0.25, 0.3) is 5.91 Å². The molecule has 0 fully saturated rings. The SMILES string of the molecule is CCOCCn1c(=NC(=O)c2ccc(S(=O)(=O)CC)cc2)sc2cc(S(C)(=O)=O)ccc21. The van der Waals surface area contributed by atoms with Crippen LogP contribution in [0.5, 0.6) is 0 Å². The van der Waals surface area contributed by atoms with Crippen molar-refractivity contribution in [2.24, 2.45) is 4.99 Å². The lowest BCUT2D eigenvalue weighted by atomic mass is 10.2. The number of hydrogen-bond acceptors (Lipinski definition) is 7. The maximum atomic E-state index is 12.8. The molecule has 3 rings (SSSR count). The summed E-state index contributed by atoms with van der Waals surface area (Å²) in [6.07, 6.45) is 1.14. The van der Waals surface area contributed by atoms with Gasteiger partial charge in [-0.25, -0.2) is 16.8 Å². The molecule has 0 atom stereocenters. The monoisotopic (exact) mass is 496 g/mol. The van der Waals surface area contributed by atoms with Crippen LogP contribution in [0.3, 0.4) is 0 Å². The van der Waals surface area contributed by atoms with E-state index in [9.17, 15) is 21.6 Å². The zero-order valence-electron chi connectivity index (χ0n) is 17.9. The summed E-state index contributed by atoms with van der Waals surface area (Å²) in [5, 5.41) is 0.